The zero-order chi connectivity index (χ0) is 23.7. The Kier molecular flexibility index (Phi) is 5.81. The van der Waals surface area contributed by atoms with Crippen molar-refractivity contribution in [3.05, 3.63) is 59.0 Å². The van der Waals surface area contributed by atoms with Gasteiger partial charge in [0.25, 0.3) is 5.91 Å². The van der Waals surface area contributed by atoms with Gasteiger partial charge in [0, 0.05) is 13.1 Å². The molecule has 2 heterocycles. The van der Waals surface area contributed by atoms with Crippen LogP contribution in [0, 0.1) is 5.82 Å². The first-order valence-electron chi connectivity index (χ1n) is 11.6. The number of carbonyl (C=O) groups excluding carboxylic acids is 2. The topological polar surface area (TPSA) is 87.3 Å². The summed E-state index contributed by atoms with van der Waals surface area (Å²) in [7, 11) is 1.51. The molecule has 0 unspecified atom stereocenters. The lowest BCUT2D eigenvalue weighted by molar-refractivity contribution is -0.135. The number of aromatic nitrogens is 2. The van der Waals surface area contributed by atoms with E-state index in [1.807, 2.05) is 17.1 Å². The van der Waals surface area contributed by atoms with E-state index < -0.39 is 5.54 Å². The monoisotopic (exact) mass is 462 g/mol. The van der Waals surface area contributed by atoms with Crippen LogP contribution in [0.2, 0.25) is 0 Å². The average Bonchev–Trinajstić information content (AvgIpc) is 3.53. The third kappa shape index (κ3) is 4.16. The van der Waals surface area contributed by atoms with Crippen molar-refractivity contribution in [2.24, 2.45) is 0 Å². The summed E-state index contributed by atoms with van der Waals surface area (Å²) in [6.45, 7) is 1.51. The summed E-state index contributed by atoms with van der Waals surface area (Å²) in [5, 5.41) is 11.0. The Morgan fingerprint density at radius 3 is 2.50 bits per heavy atom. The molecule has 5 rings (SSSR count). The van der Waals surface area contributed by atoms with Gasteiger partial charge in [-0.05, 0) is 68.0 Å². The maximum atomic E-state index is 13.3. The van der Waals surface area contributed by atoms with E-state index in [0.29, 0.717) is 40.8 Å². The van der Waals surface area contributed by atoms with Gasteiger partial charge in [0.1, 0.15) is 17.1 Å². The van der Waals surface area contributed by atoms with Crippen LogP contribution < -0.4 is 10.1 Å². The number of halogens is 1. The molecular formula is C26H27FN4O3. The SMILES string of the molecule is COc1c(C(=O)NC2(C(=O)N3CCCCC3)CC2)ccc2n[nH]c(C=Cc3ccc(F)cc3)c12. The molecule has 8 heteroatoms. The van der Waals surface area contributed by atoms with Gasteiger partial charge in [0.05, 0.1) is 29.3 Å². The van der Waals surface area contributed by atoms with Crippen molar-refractivity contribution in [2.75, 3.05) is 20.2 Å². The van der Waals surface area contributed by atoms with Crippen molar-refractivity contribution in [2.45, 2.75) is 37.6 Å². The number of methoxy groups -OCH3 is 1. The van der Waals surface area contributed by atoms with Gasteiger partial charge in [-0.25, -0.2) is 4.39 Å². The maximum absolute atomic E-state index is 13.3. The highest BCUT2D eigenvalue weighted by Crippen LogP contribution is 2.39. The third-order valence-electron chi connectivity index (χ3n) is 6.62. The molecule has 176 valence electrons. The van der Waals surface area contributed by atoms with Crippen molar-refractivity contribution in [1.29, 1.82) is 0 Å². The van der Waals surface area contributed by atoms with Crippen molar-refractivity contribution >= 4 is 34.9 Å². The van der Waals surface area contributed by atoms with Crippen molar-refractivity contribution in [3.8, 4) is 5.75 Å². The summed E-state index contributed by atoms with van der Waals surface area (Å²) >= 11 is 0. The van der Waals surface area contributed by atoms with E-state index in [1.165, 1.54) is 19.2 Å². The fraction of sp³-hybridized carbons (Fsp3) is 0.346. The summed E-state index contributed by atoms with van der Waals surface area (Å²) in [6.07, 6.45) is 8.10. The lowest BCUT2D eigenvalue weighted by Crippen LogP contribution is -2.52. The Bertz CT molecular complexity index is 1260. The summed E-state index contributed by atoms with van der Waals surface area (Å²) < 4.78 is 18.8. The number of piperidine rings is 1. The second-order valence-corrected chi connectivity index (χ2v) is 8.95. The fourth-order valence-electron chi connectivity index (χ4n) is 4.57. The number of ether oxygens (including phenoxy) is 1. The molecular weight excluding hydrogens is 435 g/mol. The lowest BCUT2D eigenvalue weighted by atomic mass is 10.1. The number of aromatic amines is 1. The molecule has 1 aliphatic heterocycles. The number of likely N-dealkylation sites (tertiary alicyclic amines) is 1. The molecule has 2 aromatic carbocycles. The average molecular weight is 463 g/mol. The summed E-state index contributed by atoms with van der Waals surface area (Å²) in [5.74, 6) is -0.222. The second-order valence-electron chi connectivity index (χ2n) is 8.95. The van der Waals surface area contributed by atoms with Crippen LogP contribution in [-0.2, 0) is 4.79 Å². The molecule has 0 bridgehead atoms. The van der Waals surface area contributed by atoms with E-state index in [1.54, 1.807) is 24.3 Å². The van der Waals surface area contributed by atoms with E-state index in [9.17, 15) is 14.0 Å². The molecule has 7 nitrogen and oxygen atoms in total. The predicted octanol–water partition coefficient (Wildman–Crippen LogP) is 4.16. The number of nitrogens with zero attached hydrogens (tertiary/aromatic N) is 2. The molecule has 2 N–H and O–H groups in total. The number of rotatable bonds is 6. The van der Waals surface area contributed by atoms with Crippen LogP contribution >= 0.6 is 0 Å². The van der Waals surface area contributed by atoms with Gasteiger partial charge in [-0.2, -0.15) is 5.10 Å². The minimum atomic E-state index is -0.809. The zero-order valence-electron chi connectivity index (χ0n) is 19.1. The highest BCUT2D eigenvalue weighted by molar-refractivity contribution is 6.07. The van der Waals surface area contributed by atoms with Crippen LogP contribution in [0.3, 0.4) is 0 Å². The summed E-state index contributed by atoms with van der Waals surface area (Å²) in [4.78, 5) is 28.3. The number of hydrogen-bond donors (Lipinski definition) is 2. The van der Waals surface area contributed by atoms with Gasteiger partial charge in [0.2, 0.25) is 5.91 Å². The number of amides is 2. The Hall–Kier alpha value is -3.68. The minimum Gasteiger partial charge on any atom is -0.495 e. The molecule has 0 spiro atoms. The largest absolute Gasteiger partial charge is 0.495 e. The highest BCUT2D eigenvalue weighted by Gasteiger charge is 2.53. The fourth-order valence-corrected chi connectivity index (χ4v) is 4.57. The van der Waals surface area contributed by atoms with Gasteiger partial charge >= 0.3 is 0 Å². The van der Waals surface area contributed by atoms with E-state index >= 15 is 0 Å². The zero-order valence-corrected chi connectivity index (χ0v) is 19.1. The van der Waals surface area contributed by atoms with Crippen molar-refractivity contribution < 1.29 is 18.7 Å². The molecule has 34 heavy (non-hydrogen) atoms. The molecule has 0 atom stereocenters. The number of benzene rings is 2. The number of hydrogen-bond acceptors (Lipinski definition) is 4. The maximum Gasteiger partial charge on any atom is 0.255 e. The van der Waals surface area contributed by atoms with E-state index in [4.69, 9.17) is 4.74 Å². The van der Waals surface area contributed by atoms with Crippen LogP contribution in [0.25, 0.3) is 23.1 Å². The Morgan fingerprint density at radius 1 is 1.09 bits per heavy atom. The first-order chi connectivity index (χ1) is 16.5. The molecule has 0 radical (unpaired) electrons. The van der Waals surface area contributed by atoms with Crippen LogP contribution in [-0.4, -0.2) is 52.6 Å². The molecule has 1 saturated carbocycles. The Morgan fingerprint density at radius 2 is 1.82 bits per heavy atom. The highest BCUT2D eigenvalue weighted by atomic mass is 19.1. The van der Waals surface area contributed by atoms with Gasteiger partial charge in [-0.3, -0.25) is 14.7 Å². The predicted molar refractivity (Wildman–Crippen MR) is 128 cm³/mol. The van der Waals surface area contributed by atoms with Crippen LogP contribution in [0.4, 0.5) is 4.39 Å². The molecule has 1 aliphatic carbocycles. The molecule has 2 aliphatic rings. The van der Waals surface area contributed by atoms with Gasteiger partial charge in [-0.15, -0.1) is 0 Å². The second kappa shape index (κ2) is 8.93. The first kappa shape index (κ1) is 22.1. The standard InChI is InChI=1S/C26H27FN4O3/c1-34-23-19(24(32)28-26(13-14-26)25(33)31-15-3-2-4-16-31)10-12-21-22(23)20(29-30-21)11-7-17-5-8-18(27)9-6-17/h5-12H,2-4,13-16H2,1H3,(H,28,32)(H,29,30). The molecule has 2 amide bonds. The van der Waals surface area contributed by atoms with E-state index in [0.717, 1.165) is 37.9 Å². The molecule has 3 aromatic rings. The number of fused-ring (bicyclic) bond motifs is 1. The Labute approximate surface area is 197 Å². The third-order valence-corrected chi connectivity index (χ3v) is 6.62. The minimum absolute atomic E-state index is 0.0202. The summed E-state index contributed by atoms with van der Waals surface area (Å²) in [5.41, 5.74) is 1.68. The van der Waals surface area contributed by atoms with Crippen LogP contribution in [0.1, 0.15) is 53.7 Å². The quantitative estimate of drug-likeness (QED) is 0.576. The summed E-state index contributed by atoms with van der Waals surface area (Å²) in [6, 6.07) is 9.57. The van der Waals surface area contributed by atoms with Crippen LogP contribution in [0.15, 0.2) is 36.4 Å². The van der Waals surface area contributed by atoms with E-state index in [2.05, 4.69) is 15.5 Å². The number of carbonyl (C=O) groups is 2. The Balaban J connectivity index is 1.42. The van der Waals surface area contributed by atoms with Crippen molar-refractivity contribution in [3.63, 3.8) is 0 Å². The molecule has 2 fully saturated rings. The van der Waals surface area contributed by atoms with Gasteiger partial charge < -0.3 is 15.0 Å². The number of nitrogens with one attached hydrogen (secondary N) is 2. The normalized spacial score (nSPS) is 17.2. The lowest BCUT2D eigenvalue weighted by Gasteiger charge is -2.31. The molecule has 1 aromatic heterocycles. The van der Waals surface area contributed by atoms with Gasteiger partial charge in [-0.1, -0.05) is 18.2 Å². The van der Waals surface area contributed by atoms with Gasteiger partial charge in [0.15, 0.2) is 0 Å². The van der Waals surface area contributed by atoms with E-state index in [-0.39, 0.29) is 17.6 Å². The van der Waals surface area contributed by atoms with Crippen LogP contribution in [0.5, 0.6) is 5.75 Å². The number of H-pyrrole nitrogens is 1. The first-order valence-corrected chi connectivity index (χ1v) is 11.6. The smallest absolute Gasteiger partial charge is 0.255 e. The van der Waals surface area contributed by atoms with Crippen molar-refractivity contribution in [1.82, 2.24) is 20.4 Å². The molecule has 1 saturated heterocycles.